The van der Waals surface area contributed by atoms with Gasteiger partial charge < -0.3 is 10.6 Å². The van der Waals surface area contributed by atoms with Gasteiger partial charge in [0.15, 0.2) is 0 Å². The molecule has 1 aromatic heterocycles. The van der Waals surface area contributed by atoms with Crippen LogP contribution in [-0.2, 0) is 22.2 Å². The van der Waals surface area contributed by atoms with Gasteiger partial charge >= 0.3 is 6.18 Å². The normalized spacial score (nSPS) is 15.0. The van der Waals surface area contributed by atoms with Crippen molar-refractivity contribution in [2.75, 3.05) is 5.32 Å². The molecule has 0 bridgehead atoms. The van der Waals surface area contributed by atoms with Gasteiger partial charge in [-0.05, 0) is 55.2 Å². The summed E-state index contributed by atoms with van der Waals surface area (Å²) in [6.45, 7) is 1.78. The van der Waals surface area contributed by atoms with E-state index in [4.69, 9.17) is 0 Å². The monoisotopic (exact) mass is 391 g/mol. The van der Waals surface area contributed by atoms with Gasteiger partial charge in [-0.1, -0.05) is 12.1 Å². The Morgan fingerprint density at radius 1 is 1.18 bits per heavy atom. The lowest BCUT2D eigenvalue weighted by Crippen LogP contribution is -2.28. The molecule has 2 aromatic rings. The number of aromatic nitrogens is 1. The van der Waals surface area contributed by atoms with Crippen molar-refractivity contribution in [1.29, 1.82) is 0 Å². The highest BCUT2D eigenvalue weighted by molar-refractivity contribution is 5.93. The van der Waals surface area contributed by atoms with Crippen molar-refractivity contribution in [2.24, 2.45) is 5.92 Å². The van der Waals surface area contributed by atoms with E-state index < -0.39 is 11.7 Å². The van der Waals surface area contributed by atoms with E-state index in [2.05, 4.69) is 15.6 Å². The maximum absolute atomic E-state index is 12.6. The molecular weight excluding hydrogens is 371 g/mol. The number of hydrogen-bond acceptors (Lipinski definition) is 3. The Morgan fingerprint density at radius 2 is 1.86 bits per heavy atom. The number of anilines is 1. The third kappa shape index (κ3) is 5.31. The summed E-state index contributed by atoms with van der Waals surface area (Å²) >= 11 is 0. The van der Waals surface area contributed by atoms with Crippen LogP contribution in [-0.4, -0.2) is 16.8 Å². The van der Waals surface area contributed by atoms with Crippen molar-refractivity contribution in [3.8, 4) is 0 Å². The van der Waals surface area contributed by atoms with Crippen LogP contribution in [0, 0.1) is 5.92 Å². The Kier molecular flexibility index (Phi) is 5.67. The third-order valence-corrected chi connectivity index (χ3v) is 4.51. The van der Waals surface area contributed by atoms with Gasteiger partial charge in [-0.2, -0.15) is 13.2 Å². The van der Waals surface area contributed by atoms with Gasteiger partial charge in [0.05, 0.1) is 18.0 Å². The quantitative estimate of drug-likeness (QED) is 0.785. The summed E-state index contributed by atoms with van der Waals surface area (Å²) in [6.07, 6.45) is -1.09. The van der Waals surface area contributed by atoms with E-state index in [1.54, 1.807) is 25.3 Å². The Bertz CT molecular complexity index is 862. The van der Waals surface area contributed by atoms with Crippen LogP contribution in [0.5, 0.6) is 0 Å². The van der Waals surface area contributed by atoms with Gasteiger partial charge in [0.1, 0.15) is 5.82 Å². The Morgan fingerprint density at radius 3 is 2.46 bits per heavy atom. The lowest BCUT2D eigenvalue weighted by Gasteiger charge is -2.15. The molecule has 5 nitrogen and oxygen atoms in total. The van der Waals surface area contributed by atoms with Crippen molar-refractivity contribution in [2.45, 2.75) is 38.4 Å². The molecule has 0 spiro atoms. The molecule has 1 atom stereocenters. The average Bonchev–Trinajstić information content (AvgIpc) is 3.46. The van der Waals surface area contributed by atoms with Crippen LogP contribution in [0.25, 0.3) is 0 Å². The highest BCUT2D eigenvalue weighted by Crippen LogP contribution is 2.30. The Balaban J connectivity index is 1.57. The molecule has 1 aliphatic rings. The zero-order valence-electron chi connectivity index (χ0n) is 15.2. The minimum Gasteiger partial charge on any atom is -0.349 e. The molecule has 1 heterocycles. The summed E-state index contributed by atoms with van der Waals surface area (Å²) in [5, 5.41) is 5.56. The van der Waals surface area contributed by atoms with Gasteiger partial charge in [-0.3, -0.25) is 9.59 Å². The molecular formula is C20H20F3N3O2. The summed E-state index contributed by atoms with van der Waals surface area (Å²) in [7, 11) is 0. The first-order valence-electron chi connectivity index (χ1n) is 8.94. The molecule has 28 heavy (non-hydrogen) atoms. The smallest absolute Gasteiger partial charge is 0.349 e. The first-order chi connectivity index (χ1) is 13.2. The summed E-state index contributed by atoms with van der Waals surface area (Å²) in [4.78, 5) is 28.2. The van der Waals surface area contributed by atoms with Gasteiger partial charge in [0, 0.05) is 12.1 Å². The second-order valence-electron chi connectivity index (χ2n) is 6.90. The topological polar surface area (TPSA) is 71.1 Å². The number of nitrogens with zero attached hydrogens (tertiary/aromatic N) is 1. The Hall–Kier alpha value is -2.90. The second-order valence-corrected chi connectivity index (χ2v) is 6.90. The average molecular weight is 391 g/mol. The van der Waals surface area contributed by atoms with E-state index in [0.29, 0.717) is 11.4 Å². The lowest BCUT2D eigenvalue weighted by molar-refractivity contribution is -0.137. The van der Waals surface area contributed by atoms with E-state index in [1.807, 2.05) is 0 Å². The number of carbonyl (C=O) groups is 2. The highest BCUT2D eigenvalue weighted by Gasteiger charge is 2.30. The van der Waals surface area contributed by atoms with Gasteiger partial charge in [-0.25, -0.2) is 4.98 Å². The van der Waals surface area contributed by atoms with Crippen molar-refractivity contribution in [1.82, 2.24) is 10.3 Å². The molecule has 1 saturated carbocycles. The second kappa shape index (κ2) is 8.00. The fourth-order valence-corrected chi connectivity index (χ4v) is 2.73. The van der Waals surface area contributed by atoms with Crippen molar-refractivity contribution >= 4 is 17.6 Å². The molecule has 0 radical (unpaired) electrons. The SMILES string of the molecule is CC(NC(=O)Cc1ccc(C(F)(F)F)cc1)c1ccnc(NC(=O)C2CC2)c1. The van der Waals surface area contributed by atoms with Crippen LogP contribution in [0.3, 0.4) is 0 Å². The summed E-state index contributed by atoms with van der Waals surface area (Å²) < 4.78 is 37.8. The zero-order chi connectivity index (χ0) is 20.3. The molecule has 2 amide bonds. The maximum atomic E-state index is 12.6. The number of nitrogens with one attached hydrogen (secondary N) is 2. The number of alkyl halides is 3. The first kappa shape index (κ1) is 19.9. The van der Waals surface area contributed by atoms with E-state index in [1.165, 1.54) is 12.1 Å². The lowest BCUT2D eigenvalue weighted by atomic mass is 10.1. The molecule has 148 valence electrons. The van der Waals surface area contributed by atoms with Crippen LogP contribution in [0.1, 0.15) is 42.5 Å². The molecule has 1 aliphatic carbocycles. The van der Waals surface area contributed by atoms with Gasteiger partial charge in [-0.15, -0.1) is 0 Å². The number of benzene rings is 1. The zero-order valence-corrected chi connectivity index (χ0v) is 15.2. The first-order valence-corrected chi connectivity index (χ1v) is 8.94. The molecule has 1 unspecified atom stereocenters. The van der Waals surface area contributed by atoms with Crippen LogP contribution in [0.15, 0.2) is 42.6 Å². The minimum atomic E-state index is -4.40. The summed E-state index contributed by atoms with van der Waals surface area (Å²) in [5.74, 6) is 0.126. The molecule has 8 heteroatoms. The number of rotatable bonds is 6. The molecule has 2 N–H and O–H groups in total. The largest absolute Gasteiger partial charge is 0.416 e. The van der Waals surface area contributed by atoms with Crippen LogP contribution in [0.2, 0.25) is 0 Å². The van der Waals surface area contributed by atoms with Crippen LogP contribution < -0.4 is 10.6 Å². The molecule has 1 aromatic carbocycles. The molecule has 0 saturated heterocycles. The molecule has 1 fully saturated rings. The number of hydrogen-bond donors (Lipinski definition) is 2. The minimum absolute atomic E-state index is 0.0289. The van der Waals surface area contributed by atoms with E-state index >= 15 is 0 Å². The van der Waals surface area contributed by atoms with Crippen molar-refractivity contribution in [3.05, 3.63) is 59.3 Å². The van der Waals surface area contributed by atoms with E-state index in [0.717, 1.165) is 30.5 Å². The van der Waals surface area contributed by atoms with Crippen molar-refractivity contribution in [3.63, 3.8) is 0 Å². The number of pyridine rings is 1. The summed E-state index contributed by atoms with van der Waals surface area (Å²) in [5.41, 5.74) is 0.509. The molecule has 3 rings (SSSR count). The fraction of sp³-hybridized carbons (Fsp3) is 0.350. The van der Waals surface area contributed by atoms with Crippen LogP contribution in [0.4, 0.5) is 19.0 Å². The van der Waals surface area contributed by atoms with Crippen LogP contribution >= 0.6 is 0 Å². The molecule has 0 aliphatic heterocycles. The highest BCUT2D eigenvalue weighted by atomic mass is 19.4. The fourth-order valence-electron chi connectivity index (χ4n) is 2.73. The predicted molar refractivity (Wildman–Crippen MR) is 97.3 cm³/mol. The van der Waals surface area contributed by atoms with E-state index in [-0.39, 0.29) is 30.2 Å². The number of amides is 2. The van der Waals surface area contributed by atoms with Gasteiger partial charge in [0.2, 0.25) is 11.8 Å². The maximum Gasteiger partial charge on any atom is 0.416 e. The van der Waals surface area contributed by atoms with Gasteiger partial charge in [0.25, 0.3) is 0 Å². The summed E-state index contributed by atoms with van der Waals surface area (Å²) in [6, 6.07) is 7.60. The third-order valence-electron chi connectivity index (χ3n) is 4.51. The van der Waals surface area contributed by atoms with Crippen molar-refractivity contribution < 1.29 is 22.8 Å². The standard InChI is InChI=1S/C20H20F3N3O2/c1-12(15-8-9-24-17(11-15)26-19(28)14-4-5-14)25-18(27)10-13-2-6-16(7-3-13)20(21,22)23/h2-3,6-9,11-12,14H,4-5,10H2,1H3,(H,25,27)(H,24,26,28). The predicted octanol–water partition coefficient (Wildman–Crippen LogP) is 3.87. The Labute approximate surface area is 160 Å². The number of halogens is 3. The number of carbonyl (C=O) groups excluding carboxylic acids is 2. The van der Waals surface area contributed by atoms with E-state index in [9.17, 15) is 22.8 Å².